The second-order valence-corrected chi connectivity index (χ2v) is 3.16. The zero-order chi connectivity index (χ0) is 17.2. The van der Waals surface area contributed by atoms with Crippen LogP contribution in [0.2, 0.25) is 0 Å². The van der Waals surface area contributed by atoms with Gasteiger partial charge in [0.2, 0.25) is 0 Å². The third kappa shape index (κ3) is 326. The Morgan fingerprint density at radius 3 is 1.41 bits per heavy atom. The van der Waals surface area contributed by atoms with Crippen LogP contribution in [0.3, 0.4) is 0 Å². The van der Waals surface area contributed by atoms with Crippen LogP contribution in [-0.4, -0.2) is 31.3 Å². The van der Waals surface area contributed by atoms with Gasteiger partial charge in [0.05, 0.1) is 6.61 Å². The summed E-state index contributed by atoms with van der Waals surface area (Å²) in [5.41, 5.74) is 5.13. The van der Waals surface area contributed by atoms with Crippen molar-refractivity contribution in [1.82, 2.24) is 5.32 Å². The Balaban J connectivity index is -0.0000000265. The van der Waals surface area contributed by atoms with Gasteiger partial charge in [-0.3, -0.25) is 0 Å². The molecule has 0 fully saturated rings. The van der Waals surface area contributed by atoms with Crippen molar-refractivity contribution >= 4 is 8.25 Å². The molecular formula is C13H30N2Na2O4P+. The Hall–Kier alpha value is 1.12. The van der Waals surface area contributed by atoms with Crippen LogP contribution < -0.4 is 80.0 Å². The summed E-state index contributed by atoms with van der Waals surface area (Å²) < 4.78 is 8.48. The fraction of sp³-hybridized carbons (Fsp3) is 0.538. The van der Waals surface area contributed by atoms with Crippen molar-refractivity contribution in [3.8, 4) is 0 Å². The second kappa shape index (κ2) is 67.2. The van der Waals surface area contributed by atoms with Gasteiger partial charge < -0.3 is 25.9 Å². The third-order valence-corrected chi connectivity index (χ3v) is 0.610. The standard InChI is InChI=1S/C4H12N2O.3C3H6.2Na.HO3P/c5-1-2-6-3-4-7;3*1-3-2;;;1-4(2)3/h6-7H,1-5H2;3*3H,1H2,2H3;;;(H,1,2,3)/q;;;;2*+1;/p-1. The van der Waals surface area contributed by atoms with Gasteiger partial charge >= 0.3 is 59.1 Å². The van der Waals surface area contributed by atoms with Gasteiger partial charge in [-0.25, -0.2) is 0 Å². The molecule has 6 nitrogen and oxygen atoms in total. The first-order valence-corrected chi connectivity index (χ1v) is 7.03. The average Bonchev–Trinajstić information content (AvgIpc) is 2.32. The molecule has 0 saturated carbocycles. The minimum Gasteiger partial charge on any atom is -0.598 e. The van der Waals surface area contributed by atoms with Crippen molar-refractivity contribution in [3.05, 3.63) is 38.0 Å². The van der Waals surface area contributed by atoms with Crippen LogP contribution in [0, 0.1) is 0 Å². The van der Waals surface area contributed by atoms with Gasteiger partial charge in [-0.1, -0.05) is 22.8 Å². The number of aliphatic hydroxyl groups excluding tert-OH is 1. The minimum absolute atomic E-state index is 0. The molecule has 9 heteroatoms. The second-order valence-electron chi connectivity index (χ2n) is 2.71. The fourth-order valence-corrected chi connectivity index (χ4v) is 0.306. The third-order valence-electron chi connectivity index (χ3n) is 0.610. The SMILES string of the molecule is C=CC.C=CC.C=CC.NCCNCCO.O=[P+]([O-])[O-].[Na+].[Na+]. The molecule has 122 valence electrons. The summed E-state index contributed by atoms with van der Waals surface area (Å²) in [6.07, 6.45) is 5.25. The zero-order valence-corrected chi connectivity index (χ0v) is 19.8. The molecule has 0 aliphatic heterocycles. The maximum absolute atomic E-state index is 8.48. The number of nitrogens with two attached hydrogens (primary N) is 1. The number of rotatable bonds is 4. The van der Waals surface area contributed by atoms with Crippen LogP contribution in [0.15, 0.2) is 38.0 Å². The van der Waals surface area contributed by atoms with E-state index in [1.165, 1.54) is 0 Å². The summed E-state index contributed by atoms with van der Waals surface area (Å²) in [4.78, 5) is 17.0. The van der Waals surface area contributed by atoms with Gasteiger partial charge in [0.15, 0.2) is 0 Å². The normalized spacial score (nSPS) is 5.95. The maximum atomic E-state index is 8.48. The Morgan fingerprint density at radius 1 is 1.05 bits per heavy atom. The smallest absolute Gasteiger partial charge is 0.598 e. The number of allylic oxidation sites excluding steroid dienone is 3. The van der Waals surface area contributed by atoms with E-state index in [0.717, 1.165) is 6.54 Å². The molecule has 0 aliphatic rings. The van der Waals surface area contributed by atoms with Crippen molar-refractivity contribution in [1.29, 1.82) is 0 Å². The molecule has 0 aromatic rings. The van der Waals surface area contributed by atoms with Gasteiger partial charge in [-0.2, -0.15) is 0 Å². The molecule has 0 unspecified atom stereocenters. The van der Waals surface area contributed by atoms with E-state index in [4.69, 9.17) is 25.2 Å². The Labute approximate surface area is 181 Å². The predicted molar refractivity (Wildman–Crippen MR) is 84.2 cm³/mol. The van der Waals surface area contributed by atoms with E-state index in [0.29, 0.717) is 13.1 Å². The molecule has 0 spiro atoms. The molecule has 0 saturated heterocycles. The number of nitrogens with one attached hydrogen (secondary N) is 1. The summed E-state index contributed by atoms with van der Waals surface area (Å²) in [7, 11) is -3.37. The van der Waals surface area contributed by atoms with Gasteiger partial charge in [0, 0.05) is 19.6 Å². The Morgan fingerprint density at radius 2 is 1.27 bits per heavy atom. The van der Waals surface area contributed by atoms with Gasteiger partial charge in [-0.15, -0.1) is 19.7 Å². The summed E-state index contributed by atoms with van der Waals surface area (Å²) in [5, 5.41) is 11.1. The molecule has 0 aromatic carbocycles. The van der Waals surface area contributed by atoms with Gasteiger partial charge in [0.25, 0.3) is 8.25 Å². The van der Waals surface area contributed by atoms with Crippen molar-refractivity contribution in [2.45, 2.75) is 20.8 Å². The zero-order valence-electron chi connectivity index (χ0n) is 14.9. The first-order chi connectivity index (χ1) is 9.39. The monoisotopic (exact) mass is 355 g/mol. The molecule has 0 aromatic heterocycles. The minimum atomic E-state index is -3.37. The number of aliphatic hydroxyl groups is 1. The molecule has 0 heterocycles. The van der Waals surface area contributed by atoms with Crippen LogP contribution in [0.4, 0.5) is 0 Å². The first kappa shape index (κ1) is 43.5. The van der Waals surface area contributed by atoms with Crippen LogP contribution in [0.25, 0.3) is 0 Å². The van der Waals surface area contributed by atoms with E-state index in [2.05, 4.69) is 25.1 Å². The number of hydrogen-bond donors (Lipinski definition) is 3. The Kier molecular flexibility index (Phi) is 133. The molecule has 22 heavy (non-hydrogen) atoms. The molecule has 0 radical (unpaired) electrons. The average molecular weight is 355 g/mol. The summed E-state index contributed by atoms with van der Waals surface area (Å²) >= 11 is 0. The van der Waals surface area contributed by atoms with E-state index in [9.17, 15) is 0 Å². The molecule has 0 aliphatic carbocycles. The molecule has 0 bridgehead atoms. The van der Waals surface area contributed by atoms with Crippen LogP contribution in [-0.2, 0) is 4.57 Å². The van der Waals surface area contributed by atoms with E-state index in [-0.39, 0.29) is 65.7 Å². The van der Waals surface area contributed by atoms with Gasteiger partial charge in [0.1, 0.15) is 0 Å². The first-order valence-electron chi connectivity index (χ1n) is 5.94. The van der Waals surface area contributed by atoms with Crippen LogP contribution in [0.1, 0.15) is 20.8 Å². The quantitative estimate of drug-likeness (QED) is 0.200. The summed E-state index contributed by atoms with van der Waals surface area (Å²) in [6.45, 7) is 18.0. The van der Waals surface area contributed by atoms with Crippen molar-refractivity contribution < 1.29 is 78.6 Å². The fourth-order valence-electron chi connectivity index (χ4n) is 0.306. The largest absolute Gasteiger partial charge is 1.00 e. The van der Waals surface area contributed by atoms with Crippen molar-refractivity contribution in [2.24, 2.45) is 5.73 Å². The van der Waals surface area contributed by atoms with E-state index < -0.39 is 8.25 Å². The summed E-state index contributed by atoms with van der Waals surface area (Å²) in [6, 6.07) is 0. The molecule has 0 rings (SSSR count). The van der Waals surface area contributed by atoms with Gasteiger partial charge in [-0.05, 0) is 20.8 Å². The van der Waals surface area contributed by atoms with Crippen LogP contribution in [0.5, 0.6) is 0 Å². The van der Waals surface area contributed by atoms with E-state index >= 15 is 0 Å². The molecule has 0 atom stereocenters. The Bertz CT molecular complexity index is 179. The van der Waals surface area contributed by atoms with Crippen molar-refractivity contribution in [3.63, 3.8) is 0 Å². The van der Waals surface area contributed by atoms with E-state index in [1.54, 1.807) is 18.2 Å². The van der Waals surface area contributed by atoms with Crippen LogP contribution >= 0.6 is 8.25 Å². The topological polar surface area (TPSA) is 121 Å². The summed E-state index contributed by atoms with van der Waals surface area (Å²) in [5.74, 6) is 0. The molecule has 4 N–H and O–H groups in total. The maximum Gasteiger partial charge on any atom is 1.00 e. The predicted octanol–water partition coefficient (Wildman–Crippen LogP) is -5.52. The van der Waals surface area contributed by atoms with E-state index in [1.807, 2.05) is 20.8 Å². The number of hydrogen-bond acceptors (Lipinski definition) is 6. The molecule has 0 amide bonds. The molecular weight excluding hydrogens is 325 g/mol. The van der Waals surface area contributed by atoms with Crippen molar-refractivity contribution in [2.75, 3.05) is 26.2 Å².